The monoisotopic (exact) mass is 747 g/mol. The van der Waals surface area contributed by atoms with E-state index in [2.05, 4.69) is 119 Å². The van der Waals surface area contributed by atoms with Crippen molar-refractivity contribution in [3.63, 3.8) is 0 Å². The van der Waals surface area contributed by atoms with Crippen molar-refractivity contribution in [3.8, 4) is 0 Å². The quantitative estimate of drug-likeness (QED) is 0.0632. The fourth-order valence-corrected chi connectivity index (χ4v) is 23.5. The maximum absolute atomic E-state index is 2.76. The van der Waals surface area contributed by atoms with Crippen molar-refractivity contribution < 1.29 is 0 Å². The van der Waals surface area contributed by atoms with Gasteiger partial charge in [-0.05, 0) is 81.6 Å². The van der Waals surface area contributed by atoms with Gasteiger partial charge in [-0.1, -0.05) is 204 Å². The maximum Gasteiger partial charge on any atom is 0.0530 e. The minimum absolute atomic E-state index is 1.20. The van der Waals surface area contributed by atoms with Crippen molar-refractivity contribution in [2.45, 2.75) is 205 Å². The van der Waals surface area contributed by atoms with E-state index in [0.29, 0.717) is 0 Å². The van der Waals surface area contributed by atoms with E-state index in [9.17, 15) is 0 Å². The molecule has 0 heterocycles. The van der Waals surface area contributed by atoms with E-state index in [-0.39, 0.29) is 0 Å². The molecule has 0 N–H and O–H groups in total. The molecule has 3 aromatic carbocycles. The Kier molecular flexibility index (Phi) is 17.3. The lowest BCUT2D eigenvalue weighted by atomic mass is 9.89. The third-order valence-corrected chi connectivity index (χ3v) is 39.5. The zero-order valence-electron chi connectivity index (χ0n) is 35.6. The van der Waals surface area contributed by atoms with E-state index < -0.39 is 32.3 Å². The van der Waals surface area contributed by atoms with Crippen molar-refractivity contribution in [1.29, 1.82) is 0 Å². The van der Waals surface area contributed by atoms with Crippen LogP contribution in [0, 0.1) is 0 Å². The van der Waals surface area contributed by atoms with Crippen LogP contribution in [0.15, 0.2) is 36.4 Å². The van der Waals surface area contributed by atoms with Gasteiger partial charge in [-0.2, -0.15) is 0 Å². The van der Waals surface area contributed by atoms with E-state index in [1.165, 1.54) is 122 Å². The van der Waals surface area contributed by atoms with Crippen LogP contribution < -0.4 is 0 Å². The van der Waals surface area contributed by atoms with Crippen LogP contribution in [-0.4, -0.2) is 32.3 Å². The number of hydrogen-bond donors (Lipinski definition) is 0. The predicted octanol–water partition coefficient (Wildman–Crippen LogP) is 16.2. The zero-order valence-corrected chi connectivity index (χ0v) is 39.6. The molecular weight excluding hydrogens is 665 g/mol. The summed E-state index contributed by atoms with van der Waals surface area (Å²) < 4.78 is 0. The Bertz CT molecular complexity index is 1210. The summed E-state index contributed by atoms with van der Waals surface area (Å²) in [4.78, 5) is 0. The smallest absolute Gasteiger partial charge is 0.0530 e. The molecule has 0 radical (unpaired) electrons. The number of rotatable bonds is 24. The van der Waals surface area contributed by atoms with Crippen molar-refractivity contribution >= 4 is 53.8 Å². The van der Waals surface area contributed by atoms with Gasteiger partial charge in [-0.3, -0.25) is 0 Å². The molecule has 0 spiro atoms. The van der Waals surface area contributed by atoms with Gasteiger partial charge < -0.3 is 0 Å². The highest BCUT2D eigenvalue weighted by atomic mass is 28.3. The second kappa shape index (κ2) is 19.9. The molecular formula is C46H82Si4. The van der Waals surface area contributed by atoms with Crippen LogP contribution in [0.2, 0.25) is 96.7 Å². The maximum atomic E-state index is 2.76. The summed E-state index contributed by atoms with van der Waals surface area (Å²) in [6.45, 7) is 29.9. The molecule has 0 saturated carbocycles. The second-order valence-electron chi connectivity index (χ2n) is 17.0. The third-order valence-electron chi connectivity index (χ3n) is 16.2. The minimum atomic E-state index is -1.20. The Morgan fingerprint density at radius 2 is 0.440 bits per heavy atom. The highest BCUT2D eigenvalue weighted by Crippen LogP contribution is 2.39. The molecule has 0 aliphatic rings. The molecule has 0 atom stereocenters. The van der Waals surface area contributed by atoms with E-state index in [1.54, 1.807) is 43.8 Å². The van der Waals surface area contributed by atoms with Gasteiger partial charge in [0.15, 0.2) is 0 Å². The molecule has 4 heteroatoms. The van der Waals surface area contributed by atoms with Gasteiger partial charge in [0.2, 0.25) is 0 Å². The van der Waals surface area contributed by atoms with Crippen molar-refractivity contribution in [2.24, 2.45) is 0 Å². The molecule has 0 unspecified atom stereocenters. The summed E-state index contributed by atoms with van der Waals surface area (Å²) >= 11 is 0. The first kappa shape index (κ1) is 43.5. The molecule has 0 nitrogen and oxygen atoms in total. The van der Waals surface area contributed by atoms with E-state index in [4.69, 9.17) is 0 Å². The largest absolute Gasteiger partial charge is 0.0678 e. The van der Waals surface area contributed by atoms with Crippen LogP contribution in [0.3, 0.4) is 0 Å². The summed E-state index contributed by atoms with van der Waals surface area (Å²) in [5.74, 6) is 0. The minimum Gasteiger partial charge on any atom is -0.0678 e. The highest BCUT2D eigenvalue weighted by molar-refractivity contribution is 6.81. The van der Waals surface area contributed by atoms with Crippen molar-refractivity contribution in [3.05, 3.63) is 58.7 Å². The zero-order chi connectivity index (χ0) is 37.0. The molecule has 3 rings (SSSR count). The Labute approximate surface area is 316 Å². The fraction of sp³-hybridized carbons (Fsp3) is 0.696. The first-order valence-electron chi connectivity index (χ1n) is 22.0. The number of aryl methyl sites for hydroxylation is 4. The normalized spacial score (nSPS) is 13.2. The molecule has 0 aliphatic carbocycles. The fourth-order valence-electron chi connectivity index (χ4n) is 10.0. The van der Waals surface area contributed by atoms with Crippen LogP contribution in [0.25, 0.3) is 21.5 Å². The van der Waals surface area contributed by atoms with E-state index in [0.717, 1.165) is 0 Å². The van der Waals surface area contributed by atoms with Crippen LogP contribution >= 0.6 is 0 Å². The number of hydrogen-bond acceptors (Lipinski definition) is 0. The van der Waals surface area contributed by atoms with Gasteiger partial charge in [0.05, 0.1) is 32.3 Å². The molecule has 0 saturated heterocycles. The lowest BCUT2D eigenvalue weighted by Crippen LogP contribution is -2.32. The predicted molar refractivity (Wildman–Crippen MR) is 244 cm³/mol. The van der Waals surface area contributed by atoms with E-state index >= 15 is 0 Å². The molecule has 0 amide bonds. The average Bonchev–Trinajstić information content (AvgIpc) is 3.17. The molecule has 3 aromatic rings. The number of benzene rings is 3. The summed E-state index contributed by atoms with van der Waals surface area (Å²) in [6.07, 6.45) is 5.08. The lowest BCUT2D eigenvalue weighted by molar-refractivity contribution is 1.01. The summed E-state index contributed by atoms with van der Waals surface area (Å²) in [7, 11) is -4.81. The molecule has 0 bridgehead atoms. The van der Waals surface area contributed by atoms with Gasteiger partial charge in [-0.15, -0.1) is 0 Å². The lowest BCUT2D eigenvalue weighted by Gasteiger charge is -2.30. The standard InChI is InChI=1S/C46H82Si4/c1-13-47(14-2,15-3)33-29-39-25-26-40(30-34-48(16-4,17-5)18-6)44-38-46-42(32-36-50(22-10,23-11)24-12)28-27-41(45(46)37-43(39)44)31-35-49(19-7,20-8)21-9/h25-28,37-38H,13-24,29-36H2,1-12H3. The van der Waals surface area contributed by atoms with Gasteiger partial charge >= 0.3 is 0 Å². The highest BCUT2D eigenvalue weighted by Gasteiger charge is 2.30. The first-order valence-corrected chi connectivity index (χ1v) is 33.3. The van der Waals surface area contributed by atoms with Crippen LogP contribution in [0.5, 0.6) is 0 Å². The topological polar surface area (TPSA) is 0 Å². The average molecular weight is 748 g/mol. The van der Waals surface area contributed by atoms with Gasteiger partial charge in [0.1, 0.15) is 0 Å². The summed E-state index contributed by atoms with van der Waals surface area (Å²) in [5.41, 5.74) is 6.59. The summed E-state index contributed by atoms with van der Waals surface area (Å²) in [6, 6.07) is 38.9. The first-order chi connectivity index (χ1) is 24.0. The van der Waals surface area contributed by atoms with Gasteiger partial charge in [0.25, 0.3) is 0 Å². The number of fused-ring (bicyclic) bond motifs is 2. The molecule has 0 aromatic heterocycles. The van der Waals surface area contributed by atoms with Gasteiger partial charge in [-0.25, -0.2) is 0 Å². The van der Waals surface area contributed by atoms with E-state index in [1.807, 2.05) is 0 Å². The van der Waals surface area contributed by atoms with Crippen LogP contribution in [0.1, 0.15) is 105 Å². The Hall–Kier alpha value is -0.952. The molecule has 282 valence electrons. The molecule has 0 fully saturated rings. The summed E-state index contributed by atoms with van der Waals surface area (Å²) in [5, 5.41) is 6.45. The van der Waals surface area contributed by atoms with Gasteiger partial charge in [0, 0.05) is 0 Å². The Morgan fingerprint density at radius 1 is 0.280 bits per heavy atom. The van der Waals surface area contributed by atoms with Crippen molar-refractivity contribution in [1.82, 2.24) is 0 Å². The SMILES string of the molecule is CC[Si](CC)(CC)CCc1ccc(CC[Si](CC)(CC)CC)c2cc3c(CC[Si](CC)(CC)CC)ccc(CC[Si](CC)(CC)CC)c3cc12. The second-order valence-corrected chi connectivity index (χ2v) is 39.4. The Morgan fingerprint density at radius 3 is 0.580 bits per heavy atom. The van der Waals surface area contributed by atoms with Crippen LogP contribution in [-0.2, 0) is 25.7 Å². The van der Waals surface area contributed by atoms with Crippen molar-refractivity contribution in [2.75, 3.05) is 0 Å². The Balaban J connectivity index is 2.31. The molecule has 0 aliphatic heterocycles. The molecule has 50 heavy (non-hydrogen) atoms. The van der Waals surface area contributed by atoms with Crippen LogP contribution in [0.4, 0.5) is 0 Å². The third kappa shape index (κ3) is 9.77.